The van der Waals surface area contributed by atoms with Gasteiger partial charge in [-0.15, -0.1) is 0 Å². The van der Waals surface area contributed by atoms with Gasteiger partial charge in [0.05, 0.1) is 17.3 Å². The highest BCUT2D eigenvalue weighted by Gasteiger charge is 2.53. The number of anilines is 3. The molecule has 0 aliphatic carbocycles. The van der Waals surface area contributed by atoms with Crippen LogP contribution in [0.2, 0.25) is 0 Å². The third kappa shape index (κ3) is 3.33. The van der Waals surface area contributed by atoms with Gasteiger partial charge in [-0.05, 0) is 48.2 Å². The van der Waals surface area contributed by atoms with Gasteiger partial charge in [0.25, 0.3) is 0 Å². The zero-order valence-electron chi connectivity index (χ0n) is 27.1. The maximum absolute atomic E-state index is 6.72. The minimum Gasteiger partial charge on any atom is -0.454 e. The van der Waals surface area contributed by atoms with Crippen molar-refractivity contribution in [2.45, 2.75) is 37.8 Å². The normalized spacial score (nSPS) is 24.9. The predicted octanol–water partition coefficient (Wildman–Crippen LogP) is 7.95. The van der Waals surface area contributed by atoms with Gasteiger partial charge >= 0.3 is 0 Å². The average Bonchev–Trinajstić information content (AvgIpc) is 3.93. The fourth-order valence-corrected chi connectivity index (χ4v) is 9.51. The second-order valence-corrected chi connectivity index (χ2v) is 13.9. The SMILES string of the molecule is Cc1ccc2c(oc3ccccc32)c1N1C=CN(C)C1C1=C2C3c4ccccc4N4C=CN(CCCN5C=CN(c6ccccc61)C25)C34. The summed E-state index contributed by atoms with van der Waals surface area (Å²) in [6.45, 7) is 4.25. The maximum Gasteiger partial charge on any atom is 0.159 e. The first-order valence-corrected chi connectivity index (χ1v) is 17.1. The van der Waals surface area contributed by atoms with Crippen LogP contribution in [0.4, 0.5) is 17.1 Å². The number of likely N-dealkylation sites (N-methyl/N-ethyl adjacent to an activating group) is 1. The van der Waals surface area contributed by atoms with Crippen molar-refractivity contribution in [2.24, 2.45) is 0 Å². The number of benzene rings is 4. The number of furan rings is 1. The summed E-state index contributed by atoms with van der Waals surface area (Å²) in [4.78, 5) is 15.1. The highest BCUT2D eigenvalue weighted by Crippen LogP contribution is 2.57. The lowest BCUT2D eigenvalue weighted by Gasteiger charge is -2.46. The largest absolute Gasteiger partial charge is 0.454 e. The van der Waals surface area contributed by atoms with E-state index in [0.717, 1.165) is 47.1 Å². The molecule has 1 saturated heterocycles. The molecule has 0 saturated carbocycles. The Kier molecular flexibility index (Phi) is 5.25. The Bertz CT molecular complexity index is 2300. The van der Waals surface area contributed by atoms with Crippen molar-refractivity contribution in [1.29, 1.82) is 0 Å². The molecule has 11 rings (SSSR count). The predicted molar refractivity (Wildman–Crippen MR) is 193 cm³/mol. The second kappa shape index (κ2) is 9.50. The lowest BCUT2D eigenvalue weighted by atomic mass is 9.78. The Morgan fingerprint density at radius 1 is 0.646 bits per heavy atom. The fourth-order valence-electron chi connectivity index (χ4n) is 9.51. The average molecular weight is 629 g/mol. The van der Waals surface area contributed by atoms with Gasteiger partial charge < -0.3 is 33.8 Å². The van der Waals surface area contributed by atoms with Crippen LogP contribution >= 0.6 is 0 Å². The Labute approximate surface area is 280 Å². The summed E-state index contributed by atoms with van der Waals surface area (Å²) >= 11 is 0. The van der Waals surface area contributed by atoms with Gasteiger partial charge in [-0.1, -0.05) is 66.7 Å². The maximum atomic E-state index is 6.72. The van der Waals surface area contributed by atoms with Crippen molar-refractivity contribution in [1.82, 2.24) is 14.7 Å². The van der Waals surface area contributed by atoms with E-state index in [-0.39, 0.29) is 24.4 Å². The molecule has 6 aliphatic heterocycles. The van der Waals surface area contributed by atoms with Crippen LogP contribution in [-0.2, 0) is 0 Å². The Morgan fingerprint density at radius 3 is 2.33 bits per heavy atom. The van der Waals surface area contributed by atoms with Crippen LogP contribution in [0.25, 0.3) is 27.5 Å². The standard InChI is InChI=1S/C41H36N6O/c1-26-16-17-28-27-10-5-8-15-33(27)48-38(28)37(26)47-23-20-42(2)39(47)34-29-11-3-6-13-31(29)46-25-22-44-19-9-18-43-21-24-45-32-14-7-4-12-30(32)35(40(43)45)36(34)41(44)46/h3-8,10-17,20-25,35,39-41H,9,18-19H2,1-2H3. The van der Waals surface area contributed by atoms with Crippen LogP contribution in [0, 0.1) is 6.92 Å². The third-order valence-electron chi connectivity index (χ3n) is 11.5. The number of hydrogen-bond donors (Lipinski definition) is 0. The minimum absolute atomic E-state index is 0.0759. The molecule has 1 aromatic heterocycles. The van der Waals surface area contributed by atoms with Gasteiger partial charge in [-0.3, -0.25) is 0 Å². The molecular weight excluding hydrogens is 592 g/mol. The van der Waals surface area contributed by atoms with Gasteiger partial charge in [0, 0.05) is 84.9 Å². The lowest BCUT2D eigenvalue weighted by Crippen LogP contribution is -2.50. The fraction of sp³-hybridized carbons (Fsp3) is 0.220. The van der Waals surface area contributed by atoms with E-state index in [0.29, 0.717) is 0 Å². The van der Waals surface area contributed by atoms with Crippen LogP contribution in [0.15, 0.2) is 132 Å². The first kappa shape index (κ1) is 26.5. The number of rotatable bonds is 2. The summed E-state index contributed by atoms with van der Waals surface area (Å²) < 4.78 is 6.72. The van der Waals surface area contributed by atoms with Crippen molar-refractivity contribution in [3.63, 3.8) is 0 Å². The topological polar surface area (TPSA) is 32.6 Å². The van der Waals surface area contributed by atoms with Crippen LogP contribution in [-0.4, -0.2) is 53.3 Å². The number of para-hydroxylation sites is 3. The summed E-state index contributed by atoms with van der Waals surface area (Å²) in [6.07, 6.45) is 15.1. The molecule has 7 heterocycles. The van der Waals surface area contributed by atoms with Crippen LogP contribution in [0.5, 0.6) is 0 Å². The molecule has 4 aromatic carbocycles. The minimum atomic E-state index is -0.0759. The summed E-state index contributed by atoms with van der Waals surface area (Å²) in [7, 11) is 2.23. The summed E-state index contributed by atoms with van der Waals surface area (Å²) in [5.41, 5.74) is 12.4. The van der Waals surface area contributed by atoms with E-state index >= 15 is 0 Å². The summed E-state index contributed by atoms with van der Waals surface area (Å²) in [5.74, 6) is 0.173. The number of hydrogen-bond acceptors (Lipinski definition) is 7. The van der Waals surface area contributed by atoms with Crippen LogP contribution in [0.3, 0.4) is 0 Å². The van der Waals surface area contributed by atoms with E-state index in [1.54, 1.807) is 0 Å². The number of aryl methyl sites for hydroxylation is 1. The quantitative estimate of drug-likeness (QED) is 0.196. The lowest BCUT2D eigenvalue weighted by molar-refractivity contribution is 0.284. The van der Waals surface area contributed by atoms with E-state index in [1.165, 1.54) is 39.2 Å². The smallest absolute Gasteiger partial charge is 0.159 e. The van der Waals surface area contributed by atoms with Crippen LogP contribution in [0.1, 0.15) is 29.0 Å². The zero-order valence-corrected chi connectivity index (χ0v) is 27.1. The molecule has 4 atom stereocenters. The van der Waals surface area contributed by atoms with E-state index in [9.17, 15) is 0 Å². The van der Waals surface area contributed by atoms with Gasteiger partial charge in [-0.25, -0.2) is 0 Å². The summed E-state index contributed by atoms with van der Waals surface area (Å²) in [6, 6.07) is 31.0. The Morgan fingerprint density at radius 2 is 1.40 bits per heavy atom. The molecule has 7 nitrogen and oxygen atoms in total. The molecule has 0 amide bonds. The van der Waals surface area contributed by atoms with Crippen molar-refractivity contribution >= 4 is 44.6 Å². The summed E-state index contributed by atoms with van der Waals surface area (Å²) in [5, 5.41) is 2.31. The van der Waals surface area contributed by atoms with E-state index in [2.05, 4.69) is 165 Å². The molecule has 236 valence electrons. The number of fused-ring (bicyclic) bond motifs is 9. The van der Waals surface area contributed by atoms with E-state index < -0.39 is 0 Å². The van der Waals surface area contributed by atoms with E-state index in [1.807, 2.05) is 0 Å². The molecule has 4 unspecified atom stereocenters. The molecule has 7 heteroatoms. The second-order valence-electron chi connectivity index (χ2n) is 13.9. The first-order valence-electron chi connectivity index (χ1n) is 17.1. The highest BCUT2D eigenvalue weighted by molar-refractivity contribution is 6.10. The molecule has 0 N–H and O–H groups in total. The number of nitrogens with zero attached hydrogens (tertiary/aromatic N) is 6. The van der Waals surface area contributed by atoms with Crippen LogP contribution < -0.4 is 14.7 Å². The van der Waals surface area contributed by atoms with Crippen molar-refractivity contribution < 1.29 is 4.42 Å². The molecular formula is C41H36N6O. The third-order valence-corrected chi connectivity index (χ3v) is 11.5. The molecule has 0 spiro atoms. The van der Waals surface area contributed by atoms with Gasteiger partial charge in [0.2, 0.25) is 0 Å². The zero-order chi connectivity index (χ0) is 31.7. The van der Waals surface area contributed by atoms with Gasteiger partial charge in [0.1, 0.15) is 24.1 Å². The Hall–Kier alpha value is -5.56. The monoisotopic (exact) mass is 628 g/mol. The molecule has 0 radical (unpaired) electrons. The molecule has 5 aromatic rings. The molecule has 1 fully saturated rings. The van der Waals surface area contributed by atoms with Crippen molar-refractivity contribution in [2.75, 3.05) is 34.8 Å². The van der Waals surface area contributed by atoms with Crippen molar-refractivity contribution in [3.05, 3.63) is 144 Å². The molecule has 6 aliphatic rings. The molecule has 0 bridgehead atoms. The first-order chi connectivity index (χ1) is 23.7. The Balaban J connectivity index is 1.21. The molecule has 48 heavy (non-hydrogen) atoms. The van der Waals surface area contributed by atoms with Gasteiger partial charge in [-0.2, -0.15) is 0 Å². The van der Waals surface area contributed by atoms with E-state index in [4.69, 9.17) is 4.42 Å². The highest BCUT2D eigenvalue weighted by atomic mass is 16.3. The van der Waals surface area contributed by atoms with Crippen molar-refractivity contribution in [3.8, 4) is 0 Å². The van der Waals surface area contributed by atoms with Gasteiger partial charge in [0.15, 0.2) is 5.58 Å².